The van der Waals surface area contributed by atoms with E-state index in [2.05, 4.69) is 33.9 Å². The maximum atomic E-state index is 11.8. The molecule has 0 aliphatic carbocycles. The molecule has 3 aromatic rings. The molecule has 0 bridgehead atoms. The highest BCUT2D eigenvalue weighted by Crippen LogP contribution is 2.18. The number of carbonyl (C=O) groups excluding carboxylic acids is 1. The number of thiophene rings is 1. The summed E-state index contributed by atoms with van der Waals surface area (Å²) >= 11 is 3.40. The number of benzene rings is 1. The lowest BCUT2D eigenvalue weighted by Crippen LogP contribution is -2.27. The van der Waals surface area contributed by atoms with Crippen LogP contribution in [0, 0.1) is 0 Å². The van der Waals surface area contributed by atoms with Gasteiger partial charge in [0.2, 0.25) is 5.91 Å². The lowest BCUT2D eigenvalue weighted by atomic mass is 10.1. The van der Waals surface area contributed by atoms with E-state index in [0.717, 1.165) is 17.7 Å². The van der Waals surface area contributed by atoms with Crippen LogP contribution in [0.4, 0.5) is 0 Å². The summed E-state index contributed by atoms with van der Waals surface area (Å²) in [6.45, 7) is 0.681. The Kier molecular flexibility index (Phi) is 5.19. The fraction of sp³-hybridized carbons (Fsp3) is 0.235. The van der Waals surface area contributed by atoms with Gasteiger partial charge in [-0.15, -0.1) is 23.1 Å². The number of H-pyrrole nitrogens is 1. The van der Waals surface area contributed by atoms with Crippen molar-refractivity contribution >= 4 is 39.9 Å². The minimum Gasteiger partial charge on any atom is -0.361 e. The van der Waals surface area contributed by atoms with Gasteiger partial charge in [0.05, 0.1) is 5.75 Å². The molecule has 0 aliphatic heterocycles. The Morgan fingerprint density at radius 1 is 1.23 bits per heavy atom. The van der Waals surface area contributed by atoms with E-state index in [1.54, 1.807) is 23.1 Å². The van der Waals surface area contributed by atoms with Crippen molar-refractivity contribution in [2.75, 3.05) is 12.3 Å². The highest BCUT2D eigenvalue weighted by Gasteiger charge is 2.05. The number of hydrogen-bond acceptors (Lipinski definition) is 3. The summed E-state index contributed by atoms with van der Waals surface area (Å²) in [5.41, 5.74) is 2.40. The maximum Gasteiger partial charge on any atom is 0.230 e. The molecule has 114 valence electrons. The van der Waals surface area contributed by atoms with Gasteiger partial charge in [0, 0.05) is 34.3 Å². The molecule has 0 unspecified atom stereocenters. The summed E-state index contributed by atoms with van der Waals surface area (Å²) in [5.74, 6) is 1.54. The zero-order valence-electron chi connectivity index (χ0n) is 12.2. The van der Waals surface area contributed by atoms with Crippen LogP contribution in [-0.2, 0) is 17.0 Å². The average molecular weight is 330 g/mol. The smallest absolute Gasteiger partial charge is 0.230 e. The number of thioether (sulfide) groups is 1. The highest BCUT2D eigenvalue weighted by molar-refractivity contribution is 7.99. The Morgan fingerprint density at radius 3 is 3.00 bits per heavy atom. The summed E-state index contributed by atoms with van der Waals surface area (Å²) < 4.78 is 0. The lowest BCUT2D eigenvalue weighted by molar-refractivity contribution is -0.118. The Hall–Kier alpha value is -1.72. The zero-order valence-corrected chi connectivity index (χ0v) is 13.8. The van der Waals surface area contributed by atoms with Crippen molar-refractivity contribution < 1.29 is 4.79 Å². The van der Waals surface area contributed by atoms with Crippen molar-refractivity contribution in [3.8, 4) is 0 Å². The van der Waals surface area contributed by atoms with Crippen LogP contribution in [0.3, 0.4) is 0 Å². The molecule has 0 saturated carbocycles. The van der Waals surface area contributed by atoms with E-state index < -0.39 is 0 Å². The van der Waals surface area contributed by atoms with Crippen molar-refractivity contribution in [1.29, 1.82) is 0 Å². The van der Waals surface area contributed by atoms with Crippen LogP contribution < -0.4 is 5.32 Å². The van der Waals surface area contributed by atoms with Crippen molar-refractivity contribution in [3.63, 3.8) is 0 Å². The zero-order chi connectivity index (χ0) is 15.2. The summed E-state index contributed by atoms with van der Waals surface area (Å²) in [4.78, 5) is 16.4. The first-order chi connectivity index (χ1) is 10.8. The Morgan fingerprint density at radius 2 is 2.14 bits per heavy atom. The van der Waals surface area contributed by atoms with E-state index in [-0.39, 0.29) is 5.91 Å². The Balaban J connectivity index is 1.40. The predicted molar refractivity (Wildman–Crippen MR) is 95.5 cm³/mol. The molecule has 0 fully saturated rings. The molecule has 0 aliphatic rings. The molecule has 22 heavy (non-hydrogen) atoms. The maximum absolute atomic E-state index is 11.8. The van der Waals surface area contributed by atoms with Gasteiger partial charge in [-0.25, -0.2) is 0 Å². The number of carbonyl (C=O) groups is 1. The van der Waals surface area contributed by atoms with Crippen LogP contribution >= 0.6 is 23.1 Å². The van der Waals surface area contributed by atoms with E-state index in [4.69, 9.17) is 0 Å². The van der Waals surface area contributed by atoms with Crippen LogP contribution in [-0.4, -0.2) is 23.2 Å². The topological polar surface area (TPSA) is 44.9 Å². The van der Waals surface area contributed by atoms with E-state index in [0.29, 0.717) is 12.3 Å². The fourth-order valence-corrected chi connectivity index (χ4v) is 4.06. The second-order valence-electron chi connectivity index (χ2n) is 5.03. The van der Waals surface area contributed by atoms with E-state index >= 15 is 0 Å². The van der Waals surface area contributed by atoms with Gasteiger partial charge in [-0.2, -0.15) is 0 Å². The molecule has 2 N–H and O–H groups in total. The lowest BCUT2D eigenvalue weighted by Gasteiger charge is -2.04. The van der Waals surface area contributed by atoms with Gasteiger partial charge >= 0.3 is 0 Å². The first-order valence-corrected chi connectivity index (χ1v) is 9.28. The van der Waals surface area contributed by atoms with Crippen LogP contribution in [0.5, 0.6) is 0 Å². The van der Waals surface area contributed by atoms with E-state index in [1.165, 1.54) is 15.8 Å². The van der Waals surface area contributed by atoms with Gasteiger partial charge in [-0.1, -0.05) is 24.3 Å². The largest absolute Gasteiger partial charge is 0.361 e. The number of hydrogen-bond donors (Lipinski definition) is 2. The number of fused-ring (bicyclic) bond motifs is 1. The van der Waals surface area contributed by atoms with Crippen LogP contribution in [0.2, 0.25) is 0 Å². The van der Waals surface area contributed by atoms with Crippen LogP contribution in [0.25, 0.3) is 10.9 Å². The second kappa shape index (κ2) is 7.51. The molecule has 0 saturated heterocycles. The average Bonchev–Trinajstić information content (AvgIpc) is 3.17. The van der Waals surface area contributed by atoms with Crippen molar-refractivity contribution in [1.82, 2.24) is 10.3 Å². The molecule has 1 aromatic carbocycles. The minimum absolute atomic E-state index is 0.112. The highest BCUT2D eigenvalue weighted by atomic mass is 32.2. The Labute approximate surface area is 138 Å². The fourth-order valence-electron chi connectivity index (χ4n) is 2.37. The molecular weight excluding hydrogens is 312 g/mol. The molecule has 3 rings (SSSR count). The summed E-state index contributed by atoms with van der Waals surface area (Å²) in [7, 11) is 0. The Bertz CT molecular complexity index is 734. The van der Waals surface area contributed by atoms with Gasteiger partial charge < -0.3 is 10.3 Å². The summed E-state index contributed by atoms with van der Waals surface area (Å²) in [6.07, 6.45) is 2.88. The van der Waals surface area contributed by atoms with Crippen molar-refractivity contribution in [2.24, 2.45) is 0 Å². The molecule has 0 radical (unpaired) electrons. The summed E-state index contributed by atoms with van der Waals surface area (Å²) in [6, 6.07) is 12.4. The van der Waals surface area contributed by atoms with Crippen LogP contribution in [0.15, 0.2) is 48.0 Å². The van der Waals surface area contributed by atoms with Gasteiger partial charge in [0.1, 0.15) is 0 Å². The first-order valence-electron chi connectivity index (χ1n) is 7.25. The van der Waals surface area contributed by atoms with Crippen LogP contribution in [0.1, 0.15) is 10.4 Å². The number of nitrogens with one attached hydrogen (secondary N) is 2. The van der Waals surface area contributed by atoms with Gasteiger partial charge in [-0.3, -0.25) is 4.79 Å². The second-order valence-corrected chi connectivity index (χ2v) is 7.05. The number of aromatic nitrogens is 1. The van der Waals surface area contributed by atoms with E-state index in [9.17, 15) is 4.79 Å². The van der Waals surface area contributed by atoms with Gasteiger partial charge in [0.25, 0.3) is 0 Å². The molecule has 0 spiro atoms. The number of para-hydroxylation sites is 1. The third-order valence-corrected chi connectivity index (χ3v) is 5.49. The number of aromatic amines is 1. The first kappa shape index (κ1) is 15.2. The van der Waals surface area contributed by atoms with Gasteiger partial charge in [0.15, 0.2) is 0 Å². The van der Waals surface area contributed by atoms with E-state index in [1.807, 2.05) is 24.4 Å². The molecule has 5 heteroatoms. The normalized spacial score (nSPS) is 10.9. The third kappa shape index (κ3) is 3.93. The number of rotatable bonds is 7. The standard InChI is InChI=1S/C17H18N2OS2/c20-17(12-21-11-14-4-3-9-22-14)18-8-7-13-10-19-16-6-2-1-5-15(13)16/h1-6,9-10,19H,7-8,11-12H2,(H,18,20). The molecule has 2 aromatic heterocycles. The SMILES string of the molecule is O=C(CSCc1cccs1)NCCc1c[nH]c2ccccc12. The predicted octanol–water partition coefficient (Wildman–Crippen LogP) is 3.82. The molecule has 0 atom stereocenters. The monoisotopic (exact) mass is 330 g/mol. The van der Waals surface area contributed by atoms with Crippen molar-refractivity contribution in [3.05, 3.63) is 58.4 Å². The third-order valence-electron chi connectivity index (χ3n) is 3.45. The van der Waals surface area contributed by atoms with Gasteiger partial charge in [-0.05, 0) is 29.5 Å². The molecule has 3 nitrogen and oxygen atoms in total. The molecule has 1 amide bonds. The summed E-state index contributed by atoms with van der Waals surface area (Å²) in [5, 5.41) is 6.30. The minimum atomic E-state index is 0.112. The van der Waals surface area contributed by atoms with Crippen molar-refractivity contribution in [2.45, 2.75) is 12.2 Å². The molecular formula is C17H18N2OS2. The molecule has 2 heterocycles. The quantitative estimate of drug-likeness (QED) is 0.692. The number of amides is 1.